The number of halogens is 1. The largest absolute Gasteiger partial charge is 0.272 e. The van der Waals surface area contributed by atoms with E-state index >= 15 is 0 Å². The Labute approximate surface area is 137 Å². The topological polar surface area (TPSA) is 49.7 Å². The molecule has 1 saturated heterocycles. The van der Waals surface area contributed by atoms with Gasteiger partial charge in [-0.2, -0.15) is 10.1 Å². The number of hydrogen-bond donors (Lipinski definition) is 0. The number of hydrogen-bond acceptors (Lipinski definition) is 3. The lowest BCUT2D eigenvalue weighted by Gasteiger charge is -2.37. The van der Waals surface area contributed by atoms with E-state index in [0.29, 0.717) is 0 Å². The molecule has 3 aliphatic carbocycles. The van der Waals surface area contributed by atoms with Gasteiger partial charge in [0.2, 0.25) is 0 Å². The molecular formula is C17H15BrN2O2. The van der Waals surface area contributed by atoms with Crippen molar-refractivity contribution < 1.29 is 9.59 Å². The molecule has 2 fully saturated rings. The van der Waals surface area contributed by atoms with Crippen LogP contribution in [0, 0.1) is 23.7 Å². The maximum atomic E-state index is 12.6. The first-order chi connectivity index (χ1) is 10.6. The fourth-order valence-corrected chi connectivity index (χ4v) is 4.30. The molecule has 0 aromatic heterocycles. The van der Waals surface area contributed by atoms with Crippen molar-refractivity contribution in [2.75, 3.05) is 0 Å². The maximum absolute atomic E-state index is 12.6. The second kappa shape index (κ2) is 5.16. The van der Waals surface area contributed by atoms with Crippen molar-refractivity contribution in [3.05, 3.63) is 46.5 Å². The Hall–Kier alpha value is -1.75. The van der Waals surface area contributed by atoms with E-state index in [9.17, 15) is 9.59 Å². The van der Waals surface area contributed by atoms with E-state index in [2.05, 4.69) is 33.2 Å². The number of hydrazone groups is 1. The summed E-state index contributed by atoms with van der Waals surface area (Å²) in [5.74, 6) is -0.262. The van der Waals surface area contributed by atoms with Crippen molar-refractivity contribution >= 4 is 34.0 Å². The Bertz CT molecular complexity index is 680. The van der Waals surface area contributed by atoms with Gasteiger partial charge in [0.15, 0.2) is 0 Å². The van der Waals surface area contributed by atoms with Gasteiger partial charge in [-0.15, -0.1) is 0 Å². The van der Waals surface area contributed by atoms with Crippen molar-refractivity contribution in [1.29, 1.82) is 0 Å². The summed E-state index contributed by atoms with van der Waals surface area (Å²) >= 11 is 3.40. The van der Waals surface area contributed by atoms with Crippen LogP contribution in [-0.4, -0.2) is 23.0 Å². The molecule has 0 unspecified atom stereocenters. The summed E-state index contributed by atoms with van der Waals surface area (Å²) in [6, 6.07) is 7.59. The molecular weight excluding hydrogens is 344 g/mol. The minimum atomic E-state index is -0.198. The molecule has 22 heavy (non-hydrogen) atoms. The van der Waals surface area contributed by atoms with Crippen LogP contribution < -0.4 is 0 Å². The van der Waals surface area contributed by atoms with Crippen LogP contribution in [0.25, 0.3) is 0 Å². The molecule has 1 aliphatic heterocycles. The molecule has 2 bridgehead atoms. The third kappa shape index (κ3) is 2.07. The fourth-order valence-electron chi connectivity index (χ4n) is 3.88. The zero-order chi connectivity index (χ0) is 15.3. The van der Waals surface area contributed by atoms with Gasteiger partial charge in [-0.25, -0.2) is 0 Å². The van der Waals surface area contributed by atoms with Gasteiger partial charge in [0.25, 0.3) is 11.8 Å². The SMILES string of the molecule is O=C1[C@H]2[C@H](C(=O)N1/N=C\c1cccc(Br)c1)[C@@H]1C=C[C@@H]2CC1. The summed E-state index contributed by atoms with van der Waals surface area (Å²) in [6.45, 7) is 0. The molecule has 4 aliphatic rings. The highest BCUT2D eigenvalue weighted by Gasteiger charge is 2.56. The van der Waals surface area contributed by atoms with Gasteiger partial charge in [-0.1, -0.05) is 40.2 Å². The van der Waals surface area contributed by atoms with Crippen LogP contribution in [0.4, 0.5) is 0 Å². The van der Waals surface area contributed by atoms with Crippen LogP contribution in [0.1, 0.15) is 18.4 Å². The van der Waals surface area contributed by atoms with Crippen LogP contribution in [0.5, 0.6) is 0 Å². The lowest BCUT2D eigenvalue weighted by molar-refractivity contribution is -0.140. The molecule has 5 rings (SSSR count). The van der Waals surface area contributed by atoms with E-state index < -0.39 is 0 Å². The van der Waals surface area contributed by atoms with E-state index in [0.717, 1.165) is 27.9 Å². The lowest BCUT2D eigenvalue weighted by Crippen LogP contribution is -2.38. The Morgan fingerprint density at radius 1 is 1.09 bits per heavy atom. The molecule has 5 heteroatoms. The molecule has 0 N–H and O–H groups in total. The van der Waals surface area contributed by atoms with Crippen molar-refractivity contribution in [1.82, 2.24) is 5.01 Å². The van der Waals surface area contributed by atoms with E-state index in [1.54, 1.807) is 6.21 Å². The average molecular weight is 359 g/mol. The van der Waals surface area contributed by atoms with Crippen molar-refractivity contribution in [3.8, 4) is 0 Å². The second-order valence-electron chi connectivity index (χ2n) is 6.13. The summed E-state index contributed by atoms with van der Waals surface area (Å²) in [7, 11) is 0. The number of carbonyl (C=O) groups is 2. The molecule has 1 aromatic carbocycles. The number of amides is 2. The maximum Gasteiger partial charge on any atom is 0.254 e. The van der Waals surface area contributed by atoms with E-state index in [4.69, 9.17) is 0 Å². The highest BCUT2D eigenvalue weighted by molar-refractivity contribution is 9.10. The predicted molar refractivity (Wildman–Crippen MR) is 85.9 cm³/mol. The van der Waals surface area contributed by atoms with Gasteiger partial charge in [0, 0.05) is 4.47 Å². The molecule has 2 amide bonds. The summed E-state index contributed by atoms with van der Waals surface area (Å²) in [6.07, 6.45) is 7.81. The Morgan fingerprint density at radius 2 is 1.73 bits per heavy atom. The fraction of sp³-hybridized carbons (Fsp3) is 0.353. The van der Waals surface area contributed by atoms with E-state index in [1.807, 2.05) is 24.3 Å². The van der Waals surface area contributed by atoms with Gasteiger partial charge in [0.05, 0.1) is 18.1 Å². The molecule has 1 heterocycles. The van der Waals surface area contributed by atoms with Gasteiger partial charge in [-0.3, -0.25) is 9.59 Å². The van der Waals surface area contributed by atoms with E-state index in [-0.39, 0.29) is 35.5 Å². The number of fused-ring (bicyclic) bond motifs is 1. The van der Waals surface area contributed by atoms with Crippen LogP contribution in [0.2, 0.25) is 0 Å². The lowest BCUT2D eigenvalue weighted by atomic mass is 9.63. The number of rotatable bonds is 2. The smallest absolute Gasteiger partial charge is 0.254 e. The van der Waals surface area contributed by atoms with Crippen LogP contribution >= 0.6 is 15.9 Å². The molecule has 4 atom stereocenters. The second-order valence-corrected chi connectivity index (χ2v) is 7.05. The first kappa shape index (κ1) is 13.9. The molecule has 112 valence electrons. The van der Waals surface area contributed by atoms with Gasteiger partial charge in [-0.05, 0) is 42.4 Å². The summed E-state index contributed by atoms with van der Waals surface area (Å²) in [5.41, 5.74) is 0.853. The number of allylic oxidation sites excluding steroid dienone is 2. The van der Waals surface area contributed by atoms with Gasteiger partial charge in [0.1, 0.15) is 0 Å². The minimum Gasteiger partial charge on any atom is -0.272 e. The summed E-state index contributed by atoms with van der Waals surface area (Å²) in [5, 5.41) is 5.27. The third-order valence-corrected chi connectivity index (χ3v) is 5.40. The number of benzene rings is 1. The zero-order valence-electron chi connectivity index (χ0n) is 11.9. The number of imide groups is 1. The Kier molecular flexibility index (Phi) is 3.26. The van der Waals surface area contributed by atoms with Gasteiger partial charge < -0.3 is 0 Å². The summed E-state index contributed by atoms with van der Waals surface area (Å²) in [4.78, 5) is 25.2. The molecule has 0 radical (unpaired) electrons. The number of nitrogens with zero attached hydrogens (tertiary/aromatic N) is 2. The van der Waals surface area contributed by atoms with Crippen LogP contribution in [0.3, 0.4) is 0 Å². The zero-order valence-corrected chi connectivity index (χ0v) is 13.4. The highest BCUT2D eigenvalue weighted by Crippen LogP contribution is 2.49. The van der Waals surface area contributed by atoms with Crippen molar-refractivity contribution in [2.45, 2.75) is 12.8 Å². The Balaban J connectivity index is 1.61. The monoisotopic (exact) mass is 358 g/mol. The molecule has 4 nitrogen and oxygen atoms in total. The molecule has 0 spiro atoms. The minimum absolute atomic E-state index is 0.139. The molecule has 1 saturated carbocycles. The third-order valence-electron chi connectivity index (χ3n) is 4.91. The highest BCUT2D eigenvalue weighted by atomic mass is 79.9. The average Bonchev–Trinajstić information content (AvgIpc) is 2.80. The predicted octanol–water partition coefficient (Wildman–Crippen LogP) is 2.98. The molecule has 1 aromatic rings. The number of carbonyl (C=O) groups excluding carboxylic acids is 2. The van der Waals surface area contributed by atoms with Gasteiger partial charge >= 0.3 is 0 Å². The quantitative estimate of drug-likeness (QED) is 0.463. The van der Waals surface area contributed by atoms with E-state index in [1.165, 1.54) is 0 Å². The van der Waals surface area contributed by atoms with Crippen molar-refractivity contribution in [3.63, 3.8) is 0 Å². The Morgan fingerprint density at radius 3 is 2.27 bits per heavy atom. The van der Waals surface area contributed by atoms with Crippen LogP contribution in [-0.2, 0) is 9.59 Å². The normalized spacial score (nSPS) is 33.0. The first-order valence-corrected chi connectivity index (χ1v) is 8.30. The summed E-state index contributed by atoms with van der Waals surface area (Å²) < 4.78 is 0.937. The van der Waals surface area contributed by atoms with Crippen LogP contribution in [0.15, 0.2) is 46.0 Å². The van der Waals surface area contributed by atoms with Crippen molar-refractivity contribution in [2.24, 2.45) is 28.8 Å². The first-order valence-electron chi connectivity index (χ1n) is 7.51. The standard InChI is InChI=1S/C17H15BrN2O2/c18-13-3-1-2-10(8-13)9-19-20-16(21)14-11-4-5-12(7-6-11)15(14)17(20)22/h1-5,8-9,11-12,14-15H,6-7H2/b19-9-/t11-,12-,14-,15-/m1/s1.